The minimum absolute atomic E-state index is 0.0505. The van der Waals surface area contributed by atoms with E-state index in [0.29, 0.717) is 50.1 Å². The monoisotopic (exact) mass is 989 g/mol. The van der Waals surface area contributed by atoms with Gasteiger partial charge < -0.3 is 14.4 Å². The average molecular weight is 991 g/mol. The van der Waals surface area contributed by atoms with Crippen LogP contribution in [-0.4, -0.2) is 80.5 Å². The van der Waals surface area contributed by atoms with Crippen LogP contribution in [-0.2, 0) is 40.4 Å². The maximum Gasteiger partial charge on any atom is 0.307 e. The van der Waals surface area contributed by atoms with Crippen molar-refractivity contribution in [1.29, 1.82) is 0 Å². The van der Waals surface area contributed by atoms with Gasteiger partial charge in [0.05, 0.1) is 40.4 Å². The fourth-order valence-electron chi connectivity index (χ4n) is 9.37. The van der Waals surface area contributed by atoms with Gasteiger partial charge in [0, 0.05) is 46.6 Å². The molecule has 4 aliphatic rings. The van der Waals surface area contributed by atoms with Crippen molar-refractivity contribution in [3.8, 4) is 16.6 Å². The first-order valence-corrected chi connectivity index (χ1v) is 26.1. The summed E-state index contributed by atoms with van der Waals surface area (Å²) in [6.07, 6.45) is 8.45. The van der Waals surface area contributed by atoms with Crippen molar-refractivity contribution < 1.29 is 37.1 Å². The maximum absolute atomic E-state index is 14.9. The van der Waals surface area contributed by atoms with Gasteiger partial charge in [-0.05, 0) is 116 Å². The second kappa shape index (κ2) is 18.3. The molecule has 2 saturated carbocycles. The van der Waals surface area contributed by atoms with Crippen molar-refractivity contribution in [1.82, 2.24) is 24.2 Å². The lowest BCUT2D eigenvalue weighted by Gasteiger charge is -2.29. The summed E-state index contributed by atoms with van der Waals surface area (Å²) in [5.41, 5.74) is 2.49. The lowest BCUT2D eigenvalue weighted by Crippen LogP contribution is -2.47. The van der Waals surface area contributed by atoms with Gasteiger partial charge >= 0.3 is 5.97 Å². The lowest BCUT2D eigenvalue weighted by atomic mass is 9.90. The highest BCUT2D eigenvalue weighted by Crippen LogP contribution is 2.58. The molecule has 65 heavy (non-hydrogen) atoms. The van der Waals surface area contributed by atoms with Gasteiger partial charge in [0.2, 0.25) is 21.8 Å². The van der Waals surface area contributed by atoms with Crippen LogP contribution in [0.5, 0.6) is 6.01 Å². The number of Topliss-reactive ketones (excluding diaryl/α,β-unsaturated/α-hetero) is 1. The molecular weight excluding hydrogens is 931 g/mol. The number of nitrogens with zero attached hydrogens (tertiary/aromatic N) is 4. The van der Waals surface area contributed by atoms with Crippen LogP contribution in [0.1, 0.15) is 129 Å². The van der Waals surface area contributed by atoms with E-state index >= 15 is 0 Å². The quantitative estimate of drug-likeness (QED) is 0.113. The van der Waals surface area contributed by atoms with Crippen molar-refractivity contribution in [3.63, 3.8) is 0 Å². The first-order chi connectivity index (χ1) is 30.8. The van der Waals surface area contributed by atoms with Crippen LogP contribution in [0.4, 0.5) is 0 Å². The Morgan fingerprint density at radius 1 is 1.06 bits per heavy atom. The normalized spacial score (nSPS) is 25.3. The van der Waals surface area contributed by atoms with Crippen molar-refractivity contribution in [2.24, 2.45) is 17.3 Å². The number of nitrogens with one attached hydrogen (secondary N) is 1. The Kier molecular flexibility index (Phi) is 13.3. The van der Waals surface area contributed by atoms with Gasteiger partial charge in [-0.2, -0.15) is 4.98 Å². The van der Waals surface area contributed by atoms with E-state index in [4.69, 9.17) is 19.4 Å². The molecule has 0 bridgehead atoms. The van der Waals surface area contributed by atoms with Crippen LogP contribution in [0.3, 0.4) is 0 Å². The second-order valence-corrected chi connectivity index (χ2v) is 24.0. The van der Waals surface area contributed by atoms with Gasteiger partial charge in [0.15, 0.2) is 5.78 Å². The fraction of sp³-hybridized carbons (Fsp3) is 0.551. The van der Waals surface area contributed by atoms with Crippen LogP contribution >= 0.6 is 27.3 Å². The predicted molar refractivity (Wildman–Crippen MR) is 254 cm³/mol. The number of ketones is 1. The van der Waals surface area contributed by atoms with Gasteiger partial charge in [-0.25, -0.2) is 13.4 Å². The van der Waals surface area contributed by atoms with Crippen LogP contribution in [0.25, 0.3) is 21.6 Å². The molecule has 2 aliphatic carbocycles. The van der Waals surface area contributed by atoms with E-state index in [1.165, 1.54) is 0 Å². The van der Waals surface area contributed by atoms with Crippen LogP contribution in [0, 0.1) is 17.3 Å². The summed E-state index contributed by atoms with van der Waals surface area (Å²) in [5.74, 6) is -2.93. The first-order valence-electron chi connectivity index (χ1n) is 22.9. The molecule has 1 saturated heterocycles. The first kappa shape index (κ1) is 47.1. The molecule has 0 spiro atoms. The molecule has 5 atom stereocenters. The Morgan fingerprint density at radius 3 is 2.55 bits per heavy atom. The van der Waals surface area contributed by atoms with Crippen molar-refractivity contribution >= 4 is 71.9 Å². The molecule has 0 radical (unpaired) electrons. The summed E-state index contributed by atoms with van der Waals surface area (Å²) in [6.45, 7) is 11.1. The zero-order valence-corrected chi connectivity index (χ0v) is 41.3. The number of aromatic nitrogens is 3. The Balaban J connectivity index is 1.11. The standard InChI is InChI=1S/C49H60BrN5O8S2/c1-30(2)55-38-19-13-18-37(43-51-35(29-64-43)23-31-14-12-17-34(50)22-31)42(38)52-46(55)62-36-25-39-40(56)27-49(45(59)53-65(60,61)48(6)20-21-48)26-33(49)16-11-9-7-8-10-15-32(44(58)54(39)28-36)24-41(57)63-47(3,4)5/h11-14,16-19,22,29-30,32-33,36,39H,7-10,15,20-21,23-28H2,1-6H3,(H,53,59)/b16-11-/t32-,33-,36-,39+,49-/m1/s1. The van der Waals surface area contributed by atoms with Crippen molar-refractivity contribution in [3.05, 3.63) is 75.7 Å². The molecule has 16 heteroatoms. The van der Waals surface area contributed by atoms with Gasteiger partial charge in [0.1, 0.15) is 22.2 Å². The number of benzene rings is 2. The molecule has 8 rings (SSSR count). The molecule has 3 fully saturated rings. The second-order valence-electron chi connectivity index (χ2n) is 20.0. The topological polar surface area (TPSA) is 167 Å². The number of thiazole rings is 1. The molecule has 348 valence electrons. The molecule has 2 aromatic carbocycles. The average Bonchev–Trinajstić information content (AvgIpc) is 3.92. The molecule has 1 N–H and O–H groups in total. The van der Waals surface area contributed by atoms with Gasteiger partial charge in [-0.1, -0.05) is 59.1 Å². The highest BCUT2D eigenvalue weighted by molar-refractivity contribution is 9.10. The predicted octanol–water partition coefficient (Wildman–Crippen LogP) is 9.27. The maximum atomic E-state index is 14.9. The smallest absolute Gasteiger partial charge is 0.307 e. The van der Waals surface area contributed by atoms with E-state index in [1.807, 2.05) is 60.9 Å². The summed E-state index contributed by atoms with van der Waals surface area (Å²) >= 11 is 5.12. The van der Waals surface area contributed by atoms with Gasteiger partial charge in [0.25, 0.3) is 6.01 Å². The number of fused-ring (bicyclic) bond motifs is 3. The number of carbonyl (C=O) groups is 4. The van der Waals surface area contributed by atoms with Crippen LogP contribution in [0.15, 0.2) is 64.5 Å². The molecule has 2 aliphatic heterocycles. The number of allylic oxidation sites excluding steroid dienone is 2. The summed E-state index contributed by atoms with van der Waals surface area (Å²) in [7, 11) is -3.97. The zero-order chi connectivity index (χ0) is 46.5. The number of hydrogen-bond acceptors (Lipinski definition) is 11. The Bertz CT molecular complexity index is 2630. The minimum Gasteiger partial charge on any atom is -0.460 e. The number of esters is 1. The van der Waals surface area contributed by atoms with E-state index in [2.05, 4.69) is 38.2 Å². The highest BCUT2D eigenvalue weighted by Gasteiger charge is 2.62. The van der Waals surface area contributed by atoms with E-state index in [-0.39, 0.29) is 49.5 Å². The molecular formula is C49H60BrN5O8S2. The molecule has 0 unspecified atom stereocenters. The van der Waals surface area contributed by atoms with Gasteiger partial charge in [-0.3, -0.25) is 28.5 Å². The summed E-state index contributed by atoms with van der Waals surface area (Å²) in [4.78, 5) is 68.8. The molecule has 2 aromatic heterocycles. The lowest BCUT2D eigenvalue weighted by molar-refractivity contribution is -0.159. The summed E-state index contributed by atoms with van der Waals surface area (Å²) in [5, 5.41) is 2.89. The number of ether oxygens (including phenoxy) is 2. The Hall–Kier alpha value is -4.41. The highest BCUT2D eigenvalue weighted by atomic mass is 79.9. The zero-order valence-electron chi connectivity index (χ0n) is 38.1. The Labute approximate surface area is 394 Å². The summed E-state index contributed by atoms with van der Waals surface area (Å²) in [6, 6.07) is 13.4. The minimum atomic E-state index is -3.97. The van der Waals surface area contributed by atoms with Crippen molar-refractivity contribution in [2.45, 2.75) is 147 Å². The number of rotatable bonds is 11. The Morgan fingerprint density at radius 2 is 1.83 bits per heavy atom. The van der Waals surface area contributed by atoms with E-state index in [0.717, 1.165) is 51.1 Å². The van der Waals surface area contributed by atoms with E-state index < -0.39 is 55.7 Å². The number of imidazole rings is 1. The molecule has 4 aromatic rings. The van der Waals surface area contributed by atoms with Crippen molar-refractivity contribution in [2.75, 3.05) is 6.54 Å². The van der Waals surface area contributed by atoms with E-state index in [9.17, 15) is 27.6 Å². The molecule has 2 amide bonds. The number of hydrogen-bond donors (Lipinski definition) is 1. The van der Waals surface area contributed by atoms with Crippen LogP contribution < -0.4 is 9.46 Å². The summed E-state index contributed by atoms with van der Waals surface area (Å²) < 4.78 is 43.5. The SMILES string of the molecule is CC(C)n1c(O[C@@H]2C[C@H]3C(=O)C[C@]4(C(=O)NS(=O)(=O)C5(C)CC5)C[C@H]4/C=C\CCCCC[C@H](CC(=O)OC(C)(C)C)C(=O)N3C2)nc2c(-c3nc(Cc4cccc(Br)c4)cs3)cccc21. The number of halogens is 1. The number of carbonyl (C=O) groups excluding carboxylic acids is 4. The van der Waals surface area contributed by atoms with Gasteiger partial charge in [-0.15, -0.1) is 11.3 Å². The number of amides is 2. The third-order valence-corrected chi connectivity index (χ3v) is 16.9. The number of para-hydroxylation sites is 1. The van der Waals surface area contributed by atoms with Crippen LogP contribution in [0.2, 0.25) is 0 Å². The van der Waals surface area contributed by atoms with E-state index in [1.54, 1.807) is 43.9 Å². The fourth-order valence-corrected chi connectivity index (χ4v) is 12.0. The third kappa shape index (κ3) is 10.3. The number of sulfonamides is 1. The molecule has 13 nitrogen and oxygen atoms in total. The third-order valence-electron chi connectivity index (χ3n) is 13.3. The largest absolute Gasteiger partial charge is 0.460 e. The molecule has 4 heterocycles.